The van der Waals surface area contributed by atoms with E-state index in [9.17, 15) is 9.59 Å². The van der Waals surface area contributed by atoms with Crippen molar-refractivity contribution in [1.29, 1.82) is 0 Å². The van der Waals surface area contributed by atoms with Gasteiger partial charge in [-0.15, -0.1) is 0 Å². The summed E-state index contributed by atoms with van der Waals surface area (Å²) in [4.78, 5) is 22.0. The first kappa shape index (κ1) is 12.4. The van der Waals surface area contributed by atoms with Gasteiger partial charge in [0.15, 0.2) is 0 Å². The van der Waals surface area contributed by atoms with Gasteiger partial charge in [0, 0.05) is 12.5 Å². The zero-order valence-electron chi connectivity index (χ0n) is 10.1. The molecule has 2 atom stereocenters. The van der Waals surface area contributed by atoms with Crippen molar-refractivity contribution in [3.8, 4) is 0 Å². The fourth-order valence-electron chi connectivity index (χ4n) is 2.07. The van der Waals surface area contributed by atoms with Crippen molar-refractivity contribution in [1.82, 2.24) is 10.6 Å². The summed E-state index contributed by atoms with van der Waals surface area (Å²) in [5.41, 5.74) is 2.59. The summed E-state index contributed by atoms with van der Waals surface area (Å²) in [7, 11) is 0. The molecule has 2 amide bonds. The van der Waals surface area contributed by atoms with E-state index in [1.807, 2.05) is 12.1 Å². The van der Waals surface area contributed by atoms with E-state index in [1.54, 1.807) is 0 Å². The average Bonchev–Trinajstić information content (AvgIpc) is 2.30. The quantitative estimate of drug-likeness (QED) is 0.746. The van der Waals surface area contributed by atoms with Crippen molar-refractivity contribution in [3.05, 3.63) is 35.4 Å². The number of rotatable bonds is 4. The van der Waals surface area contributed by atoms with E-state index < -0.39 is 18.0 Å². The van der Waals surface area contributed by atoms with Crippen LogP contribution in [-0.2, 0) is 11.2 Å². The fraction of sp³-hybridized carbons (Fsp3) is 0.385. The second-order valence-electron chi connectivity index (χ2n) is 4.51. The lowest BCUT2D eigenvalue weighted by Crippen LogP contribution is -2.46. The summed E-state index contributed by atoms with van der Waals surface area (Å²) in [6.07, 6.45) is 0.963. The molecule has 96 valence electrons. The number of carbonyl (C=O) groups is 2. The molecule has 1 aliphatic rings. The Labute approximate surface area is 105 Å². The maximum Gasteiger partial charge on any atom is 0.325 e. The number of benzene rings is 1. The van der Waals surface area contributed by atoms with E-state index >= 15 is 0 Å². The van der Waals surface area contributed by atoms with Gasteiger partial charge in [-0.05, 0) is 24.5 Å². The van der Waals surface area contributed by atoms with Crippen molar-refractivity contribution < 1.29 is 14.7 Å². The van der Waals surface area contributed by atoms with Crippen LogP contribution in [0, 0.1) is 0 Å². The predicted octanol–water partition coefficient (Wildman–Crippen LogP) is 1.10. The number of nitrogens with one attached hydrogen (secondary N) is 2. The van der Waals surface area contributed by atoms with Crippen LogP contribution in [0.5, 0.6) is 0 Å². The predicted molar refractivity (Wildman–Crippen MR) is 66.5 cm³/mol. The summed E-state index contributed by atoms with van der Waals surface area (Å²) in [5.74, 6) is -0.703. The minimum absolute atomic E-state index is 0.340. The number of fused-ring (bicyclic) bond motifs is 1. The maximum absolute atomic E-state index is 11.4. The first-order valence-electron chi connectivity index (χ1n) is 5.93. The van der Waals surface area contributed by atoms with Gasteiger partial charge in [-0.2, -0.15) is 0 Å². The molecule has 2 unspecified atom stereocenters. The lowest BCUT2D eigenvalue weighted by Gasteiger charge is -2.30. The topological polar surface area (TPSA) is 78.4 Å². The Hall–Kier alpha value is -2.04. The number of hydrogen-bond donors (Lipinski definition) is 3. The minimum Gasteiger partial charge on any atom is -0.480 e. The molecule has 0 aromatic heterocycles. The average molecular weight is 248 g/mol. The van der Waals surface area contributed by atoms with Gasteiger partial charge >= 0.3 is 12.0 Å². The molecule has 3 N–H and O–H groups in total. The molecule has 0 heterocycles. The van der Waals surface area contributed by atoms with Crippen molar-refractivity contribution in [2.24, 2.45) is 0 Å². The van der Waals surface area contributed by atoms with Gasteiger partial charge in [-0.3, -0.25) is 4.79 Å². The minimum atomic E-state index is -1.04. The molecule has 5 heteroatoms. The molecule has 0 spiro atoms. The molecule has 0 bridgehead atoms. The molecule has 1 aromatic carbocycles. The third-order valence-corrected chi connectivity index (χ3v) is 3.19. The lowest BCUT2D eigenvalue weighted by atomic mass is 9.78. The molecular weight excluding hydrogens is 232 g/mol. The van der Waals surface area contributed by atoms with Crippen LogP contribution in [0.3, 0.4) is 0 Å². The Morgan fingerprint density at radius 1 is 1.44 bits per heavy atom. The Morgan fingerprint density at radius 2 is 2.17 bits per heavy atom. The Kier molecular flexibility index (Phi) is 3.50. The van der Waals surface area contributed by atoms with Crippen LogP contribution < -0.4 is 10.6 Å². The van der Waals surface area contributed by atoms with E-state index in [0.717, 1.165) is 6.42 Å². The number of urea groups is 1. The largest absolute Gasteiger partial charge is 0.480 e. The van der Waals surface area contributed by atoms with E-state index in [2.05, 4.69) is 22.8 Å². The molecule has 1 aromatic rings. The van der Waals surface area contributed by atoms with Crippen molar-refractivity contribution in [2.45, 2.75) is 25.3 Å². The second-order valence-corrected chi connectivity index (χ2v) is 4.51. The van der Waals surface area contributed by atoms with Gasteiger partial charge in [-0.25, -0.2) is 4.79 Å². The summed E-state index contributed by atoms with van der Waals surface area (Å²) >= 11 is 0. The molecule has 2 rings (SSSR count). The van der Waals surface area contributed by atoms with Crippen molar-refractivity contribution in [3.63, 3.8) is 0 Å². The molecule has 0 radical (unpaired) electrons. The van der Waals surface area contributed by atoms with Gasteiger partial charge in [-0.1, -0.05) is 24.3 Å². The summed E-state index contributed by atoms with van der Waals surface area (Å²) in [6, 6.07) is 6.82. The van der Waals surface area contributed by atoms with Crippen LogP contribution >= 0.6 is 0 Å². The number of carboxylic acid groups (broad SMARTS) is 1. The third-order valence-electron chi connectivity index (χ3n) is 3.19. The fourth-order valence-corrected chi connectivity index (χ4v) is 2.07. The van der Waals surface area contributed by atoms with E-state index in [0.29, 0.717) is 12.5 Å². The van der Waals surface area contributed by atoms with Crippen molar-refractivity contribution >= 4 is 12.0 Å². The molecule has 0 fully saturated rings. The summed E-state index contributed by atoms with van der Waals surface area (Å²) in [6.45, 7) is 1.97. The highest BCUT2D eigenvalue weighted by Gasteiger charge is 2.25. The normalized spacial score (nSPS) is 18.2. The van der Waals surface area contributed by atoms with Crippen LogP contribution in [0.4, 0.5) is 4.79 Å². The zero-order chi connectivity index (χ0) is 13.1. The first-order chi connectivity index (χ1) is 8.58. The van der Waals surface area contributed by atoms with Crippen LogP contribution in [-0.4, -0.2) is 29.7 Å². The lowest BCUT2D eigenvalue weighted by molar-refractivity contribution is -0.138. The van der Waals surface area contributed by atoms with E-state index in [1.165, 1.54) is 18.1 Å². The SMILES string of the molecule is CC(NC(=O)NCC1Cc2ccccc21)C(=O)O. The highest BCUT2D eigenvalue weighted by atomic mass is 16.4. The van der Waals surface area contributed by atoms with Gasteiger partial charge in [0.05, 0.1) is 0 Å². The van der Waals surface area contributed by atoms with E-state index in [-0.39, 0.29) is 0 Å². The third kappa shape index (κ3) is 2.61. The number of amides is 2. The highest BCUT2D eigenvalue weighted by Crippen LogP contribution is 2.33. The van der Waals surface area contributed by atoms with Gasteiger partial charge in [0.2, 0.25) is 0 Å². The maximum atomic E-state index is 11.4. The smallest absolute Gasteiger partial charge is 0.325 e. The number of carboxylic acids is 1. The molecule has 0 saturated carbocycles. The number of hydrogen-bond acceptors (Lipinski definition) is 2. The molecule has 18 heavy (non-hydrogen) atoms. The summed E-state index contributed by atoms with van der Waals surface area (Å²) in [5, 5.41) is 13.7. The second kappa shape index (κ2) is 5.08. The Balaban J connectivity index is 1.77. The van der Waals surface area contributed by atoms with Crippen LogP contribution in [0.1, 0.15) is 24.0 Å². The van der Waals surface area contributed by atoms with Crippen LogP contribution in [0.2, 0.25) is 0 Å². The van der Waals surface area contributed by atoms with Gasteiger partial charge < -0.3 is 15.7 Å². The van der Waals surface area contributed by atoms with Crippen molar-refractivity contribution in [2.75, 3.05) is 6.54 Å². The highest BCUT2D eigenvalue weighted by molar-refractivity contribution is 5.82. The molecule has 1 aliphatic carbocycles. The molecular formula is C13H16N2O3. The van der Waals surface area contributed by atoms with E-state index in [4.69, 9.17) is 5.11 Å². The number of aliphatic carboxylic acids is 1. The molecule has 5 nitrogen and oxygen atoms in total. The first-order valence-corrected chi connectivity index (χ1v) is 5.93. The monoisotopic (exact) mass is 248 g/mol. The van der Waals surface area contributed by atoms with Gasteiger partial charge in [0.1, 0.15) is 6.04 Å². The number of carbonyl (C=O) groups excluding carboxylic acids is 1. The Bertz CT molecular complexity index is 473. The zero-order valence-corrected chi connectivity index (χ0v) is 10.1. The Morgan fingerprint density at radius 3 is 2.83 bits per heavy atom. The van der Waals surface area contributed by atoms with Crippen LogP contribution in [0.15, 0.2) is 24.3 Å². The van der Waals surface area contributed by atoms with Crippen LogP contribution in [0.25, 0.3) is 0 Å². The summed E-state index contributed by atoms with van der Waals surface area (Å²) < 4.78 is 0. The standard InChI is InChI=1S/C13H16N2O3/c1-8(12(16)17)15-13(18)14-7-10-6-9-4-2-3-5-11(9)10/h2-5,8,10H,6-7H2,1H3,(H,16,17)(H2,14,15,18). The van der Waals surface area contributed by atoms with Gasteiger partial charge in [0.25, 0.3) is 0 Å². The molecule has 0 saturated heterocycles. The molecule has 0 aliphatic heterocycles.